The maximum Gasteiger partial charge on any atom is 0.256 e. The number of nitrogens with zero attached hydrogens (tertiary/aromatic N) is 1. The maximum absolute atomic E-state index is 13.3. The summed E-state index contributed by atoms with van der Waals surface area (Å²) in [7, 11) is 0. The number of nitrogens with one attached hydrogen (secondary N) is 1. The van der Waals surface area contributed by atoms with E-state index in [9.17, 15) is 14.0 Å². The number of benzene rings is 1. The van der Waals surface area contributed by atoms with E-state index in [1.54, 1.807) is 0 Å². The number of rotatable bonds is 1. The highest BCUT2D eigenvalue weighted by Crippen LogP contribution is 2.25. The molecule has 2 rings (SSSR count). The highest BCUT2D eigenvalue weighted by Gasteiger charge is 2.24. The summed E-state index contributed by atoms with van der Waals surface area (Å²) in [6.07, 6.45) is 0. The predicted molar refractivity (Wildman–Crippen MR) is 65.3 cm³/mol. The average Bonchev–Trinajstić information content (AvgIpc) is 2.33. The van der Waals surface area contributed by atoms with Crippen LogP contribution in [0.3, 0.4) is 0 Å². The van der Waals surface area contributed by atoms with Gasteiger partial charge in [-0.15, -0.1) is 0 Å². The Hall–Kier alpha value is -1.33. The highest BCUT2D eigenvalue weighted by molar-refractivity contribution is 6.36. The molecule has 0 aromatic heterocycles. The monoisotopic (exact) mass is 290 g/mol. The van der Waals surface area contributed by atoms with Crippen LogP contribution in [0.15, 0.2) is 12.1 Å². The van der Waals surface area contributed by atoms with E-state index in [0.29, 0.717) is 13.1 Å². The van der Waals surface area contributed by atoms with Crippen LogP contribution < -0.4 is 5.32 Å². The average molecular weight is 291 g/mol. The normalized spacial score (nSPS) is 15.5. The first-order valence-electron chi connectivity index (χ1n) is 5.19. The van der Waals surface area contributed by atoms with Gasteiger partial charge in [0.05, 0.1) is 22.2 Å². The Morgan fingerprint density at radius 1 is 1.33 bits per heavy atom. The summed E-state index contributed by atoms with van der Waals surface area (Å²) in [5, 5.41) is 2.51. The van der Waals surface area contributed by atoms with E-state index in [-0.39, 0.29) is 28.1 Å². The van der Waals surface area contributed by atoms with Gasteiger partial charge in [-0.2, -0.15) is 0 Å². The minimum absolute atomic E-state index is 0.00765. The Morgan fingerprint density at radius 2 is 2.06 bits per heavy atom. The van der Waals surface area contributed by atoms with Gasteiger partial charge < -0.3 is 10.2 Å². The summed E-state index contributed by atoms with van der Waals surface area (Å²) in [5.41, 5.74) is 0.00765. The van der Waals surface area contributed by atoms with Crippen molar-refractivity contribution in [1.82, 2.24) is 10.2 Å². The molecule has 0 saturated carbocycles. The van der Waals surface area contributed by atoms with Gasteiger partial charge in [0, 0.05) is 13.1 Å². The molecule has 0 spiro atoms. The number of halogens is 3. The van der Waals surface area contributed by atoms with Crippen molar-refractivity contribution >= 4 is 35.0 Å². The second kappa shape index (κ2) is 5.12. The van der Waals surface area contributed by atoms with Crippen LogP contribution in [0.1, 0.15) is 10.4 Å². The fraction of sp³-hybridized carbons (Fsp3) is 0.273. The van der Waals surface area contributed by atoms with Crippen LogP contribution in [0.5, 0.6) is 0 Å². The summed E-state index contributed by atoms with van der Waals surface area (Å²) in [4.78, 5) is 24.6. The molecule has 1 aromatic carbocycles. The molecule has 4 nitrogen and oxygen atoms in total. The van der Waals surface area contributed by atoms with Gasteiger partial charge in [-0.1, -0.05) is 23.2 Å². The van der Waals surface area contributed by atoms with Crippen molar-refractivity contribution in [2.75, 3.05) is 19.6 Å². The molecule has 18 heavy (non-hydrogen) atoms. The summed E-state index contributed by atoms with van der Waals surface area (Å²) in [6.45, 7) is 0.683. The molecule has 96 valence electrons. The standard InChI is InChI=1S/C11H9Cl2FN2O2/c12-7-4-8(13)9(14)3-6(7)11(18)16-2-1-15-10(17)5-16/h3-4H,1-2,5H2,(H,15,17). The van der Waals surface area contributed by atoms with Crippen LogP contribution >= 0.6 is 23.2 Å². The van der Waals surface area contributed by atoms with Gasteiger partial charge >= 0.3 is 0 Å². The molecule has 0 bridgehead atoms. The second-order valence-corrected chi connectivity index (χ2v) is 4.64. The lowest BCUT2D eigenvalue weighted by Crippen LogP contribution is -2.50. The molecule has 1 aromatic rings. The number of carbonyl (C=O) groups is 2. The lowest BCUT2D eigenvalue weighted by molar-refractivity contribution is -0.123. The lowest BCUT2D eigenvalue weighted by atomic mass is 10.1. The molecule has 1 N–H and O–H groups in total. The molecule has 0 aliphatic carbocycles. The Labute approximate surface area is 113 Å². The molecule has 1 saturated heterocycles. The fourth-order valence-electron chi connectivity index (χ4n) is 1.67. The lowest BCUT2D eigenvalue weighted by Gasteiger charge is -2.27. The Morgan fingerprint density at radius 3 is 2.72 bits per heavy atom. The first kappa shape index (κ1) is 13.1. The first-order chi connectivity index (χ1) is 8.49. The SMILES string of the molecule is O=C1CN(C(=O)c2cc(F)c(Cl)cc2Cl)CCN1. The molecule has 1 heterocycles. The van der Waals surface area contributed by atoms with E-state index in [0.717, 1.165) is 6.07 Å². The van der Waals surface area contributed by atoms with Crippen molar-refractivity contribution < 1.29 is 14.0 Å². The van der Waals surface area contributed by atoms with E-state index >= 15 is 0 Å². The molecule has 1 fully saturated rings. The van der Waals surface area contributed by atoms with Gasteiger partial charge in [0.25, 0.3) is 5.91 Å². The molecule has 0 radical (unpaired) electrons. The van der Waals surface area contributed by atoms with Gasteiger partial charge in [-0.3, -0.25) is 9.59 Å². The molecule has 0 unspecified atom stereocenters. The summed E-state index contributed by atoms with van der Waals surface area (Å²) in [6, 6.07) is 2.16. The Bertz CT molecular complexity index is 522. The maximum atomic E-state index is 13.3. The number of hydrogen-bond donors (Lipinski definition) is 1. The van der Waals surface area contributed by atoms with Crippen LogP contribution in [0.2, 0.25) is 10.0 Å². The van der Waals surface area contributed by atoms with Crippen molar-refractivity contribution in [3.05, 3.63) is 33.6 Å². The van der Waals surface area contributed by atoms with Crippen molar-refractivity contribution in [1.29, 1.82) is 0 Å². The predicted octanol–water partition coefficient (Wildman–Crippen LogP) is 1.70. The zero-order valence-corrected chi connectivity index (χ0v) is 10.7. The van der Waals surface area contributed by atoms with Crippen LogP contribution in [-0.4, -0.2) is 36.3 Å². The Kier molecular flexibility index (Phi) is 3.73. The van der Waals surface area contributed by atoms with E-state index in [4.69, 9.17) is 23.2 Å². The highest BCUT2D eigenvalue weighted by atomic mass is 35.5. The van der Waals surface area contributed by atoms with Crippen LogP contribution in [0.25, 0.3) is 0 Å². The minimum atomic E-state index is -0.717. The topological polar surface area (TPSA) is 49.4 Å². The molecule has 1 aliphatic heterocycles. The van der Waals surface area contributed by atoms with Gasteiger partial charge in [0.1, 0.15) is 5.82 Å². The summed E-state index contributed by atoms with van der Waals surface area (Å²) in [5.74, 6) is -1.45. The van der Waals surface area contributed by atoms with Gasteiger partial charge in [0.2, 0.25) is 5.91 Å². The summed E-state index contributed by atoms with van der Waals surface area (Å²) < 4.78 is 13.3. The number of hydrogen-bond acceptors (Lipinski definition) is 2. The van der Waals surface area contributed by atoms with E-state index in [1.807, 2.05) is 0 Å². The molecular formula is C11H9Cl2FN2O2. The van der Waals surface area contributed by atoms with Crippen LogP contribution in [-0.2, 0) is 4.79 Å². The van der Waals surface area contributed by atoms with E-state index < -0.39 is 11.7 Å². The quantitative estimate of drug-likeness (QED) is 0.801. The molecule has 0 atom stereocenters. The van der Waals surface area contributed by atoms with Gasteiger partial charge in [-0.25, -0.2) is 4.39 Å². The third kappa shape index (κ3) is 2.57. The van der Waals surface area contributed by atoms with Gasteiger partial charge in [-0.05, 0) is 12.1 Å². The minimum Gasteiger partial charge on any atom is -0.353 e. The molecule has 7 heteroatoms. The smallest absolute Gasteiger partial charge is 0.256 e. The third-order valence-electron chi connectivity index (χ3n) is 2.57. The van der Waals surface area contributed by atoms with Crippen molar-refractivity contribution in [2.45, 2.75) is 0 Å². The molecular weight excluding hydrogens is 282 g/mol. The van der Waals surface area contributed by atoms with E-state index in [2.05, 4.69) is 5.32 Å². The van der Waals surface area contributed by atoms with Crippen molar-refractivity contribution in [3.8, 4) is 0 Å². The van der Waals surface area contributed by atoms with Gasteiger partial charge in [0.15, 0.2) is 0 Å². The number of carbonyl (C=O) groups excluding carboxylic acids is 2. The number of amides is 2. The summed E-state index contributed by atoms with van der Waals surface area (Å²) >= 11 is 11.4. The Balaban J connectivity index is 2.28. The van der Waals surface area contributed by atoms with E-state index in [1.165, 1.54) is 11.0 Å². The van der Waals surface area contributed by atoms with Crippen molar-refractivity contribution in [3.63, 3.8) is 0 Å². The molecule has 1 aliphatic rings. The second-order valence-electron chi connectivity index (χ2n) is 3.82. The fourth-order valence-corrected chi connectivity index (χ4v) is 2.13. The van der Waals surface area contributed by atoms with Crippen molar-refractivity contribution in [2.24, 2.45) is 0 Å². The number of piperazine rings is 1. The molecule has 2 amide bonds. The van der Waals surface area contributed by atoms with Crippen LogP contribution in [0, 0.1) is 5.82 Å². The van der Waals surface area contributed by atoms with Crippen LogP contribution in [0.4, 0.5) is 4.39 Å². The zero-order chi connectivity index (χ0) is 13.3. The zero-order valence-electron chi connectivity index (χ0n) is 9.17. The largest absolute Gasteiger partial charge is 0.353 e. The third-order valence-corrected chi connectivity index (χ3v) is 3.17. The first-order valence-corrected chi connectivity index (χ1v) is 5.95.